The van der Waals surface area contributed by atoms with Gasteiger partial charge in [0.25, 0.3) is 0 Å². The van der Waals surface area contributed by atoms with Gasteiger partial charge in [-0.2, -0.15) is 5.26 Å². The molecule has 1 unspecified atom stereocenters. The standard InChI is InChI=1S/C10H21N3O2S/c1-10(12,9-11)5-4-6-13(2)7-8-16(3,14)15/h4-8,12H2,1-3H3. The number of nitrogens with zero attached hydrogens (tertiary/aromatic N) is 2. The summed E-state index contributed by atoms with van der Waals surface area (Å²) in [5.41, 5.74) is 4.89. The number of hydrogen-bond acceptors (Lipinski definition) is 5. The molecule has 0 aliphatic heterocycles. The number of rotatable bonds is 7. The van der Waals surface area contributed by atoms with Crippen LogP contribution in [0.2, 0.25) is 0 Å². The molecule has 0 bridgehead atoms. The molecular formula is C10H21N3O2S. The predicted octanol–water partition coefficient (Wildman–Crippen LogP) is -0.0160. The molecule has 16 heavy (non-hydrogen) atoms. The Kier molecular flexibility index (Phi) is 5.94. The van der Waals surface area contributed by atoms with Gasteiger partial charge in [0.1, 0.15) is 15.4 Å². The number of nitriles is 1. The van der Waals surface area contributed by atoms with Crippen LogP contribution in [0.3, 0.4) is 0 Å². The van der Waals surface area contributed by atoms with Gasteiger partial charge in [-0.3, -0.25) is 0 Å². The topological polar surface area (TPSA) is 87.2 Å². The fourth-order valence-electron chi connectivity index (χ4n) is 1.21. The number of sulfone groups is 1. The lowest BCUT2D eigenvalue weighted by Crippen LogP contribution is -2.35. The molecule has 0 aromatic rings. The Balaban J connectivity index is 3.76. The molecule has 6 heteroatoms. The molecule has 0 saturated carbocycles. The largest absolute Gasteiger partial charge is 0.314 e. The number of nitrogens with two attached hydrogens (primary N) is 1. The second-order valence-electron chi connectivity index (χ2n) is 4.57. The molecule has 0 amide bonds. The van der Waals surface area contributed by atoms with Crippen molar-refractivity contribution in [3.05, 3.63) is 0 Å². The van der Waals surface area contributed by atoms with Crippen LogP contribution in [0.5, 0.6) is 0 Å². The van der Waals surface area contributed by atoms with Crippen molar-refractivity contribution in [1.29, 1.82) is 5.26 Å². The van der Waals surface area contributed by atoms with E-state index in [2.05, 4.69) is 0 Å². The van der Waals surface area contributed by atoms with Crippen LogP contribution in [0.15, 0.2) is 0 Å². The molecular weight excluding hydrogens is 226 g/mol. The van der Waals surface area contributed by atoms with E-state index in [4.69, 9.17) is 11.0 Å². The molecule has 0 saturated heterocycles. The van der Waals surface area contributed by atoms with Gasteiger partial charge in [0.05, 0.1) is 11.8 Å². The highest BCUT2D eigenvalue weighted by Gasteiger charge is 2.16. The summed E-state index contributed by atoms with van der Waals surface area (Å²) in [6.07, 6.45) is 2.64. The van der Waals surface area contributed by atoms with E-state index in [1.54, 1.807) is 6.92 Å². The Morgan fingerprint density at radius 2 is 2.00 bits per heavy atom. The second-order valence-corrected chi connectivity index (χ2v) is 6.83. The normalized spacial score (nSPS) is 15.8. The molecule has 0 aliphatic carbocycles. The van der Waals surface area contributed by atoms with Crippen molar-refractivity contribution < 1.29 is 8.42 Å². The maximum absolute atomic E-state index is 10.9. The van der Waals surface area contributed by atoms with Gasteiger partial charge in [0.15, 0.2) is 0 Å². The molecule has 0 spiro atoms. The third-order valence-electron chi connectivity index (χ3n) is 2.34. The lowest BCUT2D eigenvalue weighted by Gasteiger charge is -2.19. The van der Waals surface area contributed by atoms with E-state index in [-0.39, 0.29) is 5.75 Å². The van der Waals surface area contributed by atoms with E-state index >= 15 is 0 Å². The summed E-state index contributed by atoms with van der Waals surface area (Å²) in [6.45, 7) is 2.97. The first-order chi connectivity index (χ1) is 7.16. The van der Waals surface area contributed by atoms with E-state index in [1.807, 2.05) is 18.0 Å². The van der Waals surface area contributed by atoms with Crippen LogP contribution in [0, 0.1) is 11.3 Å². The summed E-state index contributed by atoms with van der Waals surface area (Å²) in [7, 11) is -1.03. The molecule has 0 fully saturated rings. The van der Waals surface area contributed by atoms with Crippen molar-refractivity contribution in [2.75, 3.05) is 32.1 Å². The van der Waals surface area contributed by atoms with Crippen LogP contribution in [-0.4, -0.2) is 51.0 Å². The van der Waals surface area contributed by atoms with E-state index in [1.165, 1.54) is 6.26 Å². The van der Waals surface area contributed by atoms with Crippen molar-refractivity contribution in [1.82, 2.24) is 4.90 Å². The molecule has 94 valence electrons. The van der Waals surface area contributed by atoms with Crippen LogP contribution in [0.25, 0.3) is 0 Å². The predicted molar refractivity (Wildman–Crippen MR) is 64.6 cm³/mol. The minimum Gasteiger partial charge on any atom is -0.314 e. The molecule has 0 aromatic heterocycles. The van der Waals surface area contributed by atoms with Crippen molar-refractivity contribution >= 4 is 9.84 Å². The Morgan fingerprint density at radius 1 is 1.44 bits per heavy atom. The van der Waals surface area contributed by atoms with Gasteiger partial charge in [0.2, 0.25) is 0 Å². The highest BCUT2D eigenvalue weighted by atomic mass is 32.2. The smallest absolute Gasteiger partial charge is 0.148 e. The summed E-state index contributed by atoms with van der Waals surface area (Å²) >= 11 is 0. The summed E-state index contributed by atoms with van der Waals surface area (Å²) in [4.78, 5) is 1.94. The van der Waals surface area contributed by atoms with Gasteiger partial charge in [0, 0.05) is 12.8 Å². The van der Waals surface area contributed by atoms with Crippen LogP contribution in [0.1, 0.15) is 19.8 Å². The minimum atomic E-state index is -2.90. The summed E-state index contributed by atoms with van der Waals surface area (Å²) in [5.74, 6) is 0.168. The quantitative estimate of drug-likeness (QED) is 0.683. The van der Waals surface area contributed by atoms with Gasteiger partial charge < -0.3 is 10.6 Å². The lowest BCUT2D eigenvalue weighted by molar-refractivity contribution is 0.332. The summed E-state index contributed by atoms with van der Waals surface area (Å²) in [6, 6.07) is 2.03. The highest BCUT2D eigenvalue weighted by molar-refractivity contribution is 7.90. The first-order valence-electron chi connectivity index (χ1n) is 5.23. The molecule has 0 aromatic carbocycles. The Morgan fingerprint density at radius 3 is 2.44 bits per heavy atom. The van der Waals surface area contributed by atoms with Crippen molar-refractivity contribution in [2.24, 2.45) is 5.73 Å². The summed E-state index contributed by atoms with van der Waals surface area (Å²) in [5, 5.41) is 8.70. The van der Waals surface area contributed by atoms with Gasteiger partial charge in [-0.25, -0.2) is 8.42 Å². The van der Waals surface area contributed by atoms with E-state index < -0.39 is 15.4 Å². The second kappa shape index (κ2) is 6.18. The third kappa shape index (κ3) is 8.65. The van der Waals surface area contributed by atoms with E-state index in [0.717, 1.165) is 13.0 Å². The number of hydrogen-bond donors (Lipinski definition) is 1. The van der Waals surface area contributed by atoms with Crippen molar-refractivity contribution in [3.8, 4) is 6.07 Å². The van der Waals surface area contributed by atoms with Crippen LogP contribution < -0.4 is 5.73 Å². The molecule has 5 nitrogen and oxygen atoms in total. The SMILES string of the molecule is CN(CCCC(C)(N)C#N)CCS(C)(=O)=O. The fraction of sp³-hybridized carbons (Fsp3) is 0.900. The molecule has 2 N–H and O–H groups in total. The van der Waals surface area contributed by atoms with Crippen LogP contribution >= 0.6 is 0 Å². The molecule has 0 heterocycles. The van der Waals surface area contributed by atoms with Crippen molar-refractivity contribution in [3.63, 3.8) is 0 Å². The van der Waals surface area contributed by atoms with Gasteiger partial charge in [-0.05, 0) is 33.4 Å². The summed E-state index contributed by atoms with van der Waals surface area (Å²) < 4.78 is 21.9. The van der Waals surface area contributed by atoms with Crippen LogP contribution in [0.4, 0.5) is 0 Å². The highest BCUT2D eigenvalue weighted by Crippen LogP contribution is 2.07. The fourth-order valence-corrected chi connectivity index (χ4v) is 1.85. The van der Waals surface area contributed by atoms with E-state index in [0.29, 0.717) is 13.0 Å². The van der Waals surface area contributed by atoms with Crippen molar-refractivity contribution in [2.45, 2.75) is 25.3 Å². The molecule has 0 rings (SSSR count). The molecule has 0 aliphatic rings. The third-order valence-corrected chi connectivity index (χ3v) is 3.26. The average Bonchev–Trinajstić information content (AvgIpc) is 2.13. The first-order valence-corrected chi connectivity index (χ1v) is 7.29. The molecule has 1 atom stereocenters. The zero-order valence-electron chi connectivity index (χ0n) is 10.2. The average molecular weight is 247 g/mol. The van der Waals surface area contributed by atoms with Gasteiger partial charge in [-0.15, -0.1) is 0 Å². The maximum atomic E-state index is 10.9. The maximum Gasteiger partial charge on any atom is 0.148 e. The Labute approximate surface area is 98.1 Å². The van der Waals surface area contributed by atoms with Crippen LogP contribution in [-0.2, 0) is 9.84 Å². The first kappa shape index (κ1) is 15.4. The monoisotopic (exact) mass is 247 g/mol. The Hall–Kier alpha value is -0.640. The Bertz CT molecular complexity index is 344. The van der Waals surface area contributed by atoms with Gasteiger partial charge in [-0.1, -0.05) is 0 Å². The minimum absolute atomic E-state index is 0.168. The zero-order valence-corrected chi connectivity index (χ0v) is 11.0. The zero-order chi connectivity index (χ0) is 12.8. The lowest BCUT2D eigenvalue weighted by atomic mass is 9.99. The van der Waals surface area contributed by atoms with E-state index in [9.17, 15) is 8.42 Å². The molecule has 0 radical (unpaired) electrons. The van der Waals surface area contributed by atoms with Gasteiger partial charge >= 0.3 is 0 Å².